The molecule has 2 atom stereocenters. The molecular formula is C24H25NO3. The van der Waals surface area contributed by atoms with Gasteiger partial charge < -0.3 is 15.2 Å². The molecule has 0 saturated heterocycles. The van der Waals surface area contributed by atoms with Gasteiger partial charge in [-0.15, -0.1) is 0 Å². The number of carbonyl (C=O) groups is 1. The van der Waals surface area contributed by atoms with Gasteiger partial charge in [-0.1, -0.05) is 72.8 Å². The molecule has 3 rings (SSSR count). The molecule has 144 valence electrons. The predicted molar refractivity (Wildman–Crippen MR) is 111 cm³/mol. The molecule has 3 aromatic carbocycles. The molecule has 4 nitrogen and oxygen atoms in total. The number of ether oxygens (including phenoxy) is 1. The van der Waals surface area contributed by atoms with Crippen LogP contribution in [-0.4, -0.2) is 17.7 Å². The van der Waals surface area contributed by atoms with Crippen molar-refractivity contribution in [1.82, 2.24) is 0 Å². The molecule has 2 N–H and O–H groups in total. The molecule has 0 radical (unpaired) electrons. The molecule has 0 unspecified atom stereocenters. The van der Waals surface area contributed by atoms with Gasteiger partial charge in [0, 0.05) is 0 Å². The first-order valence-electron chi connectivity index (χ1n) is 9.49. The summed E-state index contributed by atoms with van der Waals surface area (Å²) in [6, 6.07) is 26.4. The number of hydrogen-bond donors (Lipinski definition) is 2. The summed E-state index contributed by atoms with van der Waals surface area (Å²) in [5.74, 6) is -0.571. The molecule has 0 aromatic heterocycles. The topological polar surface area (TPSA) is 58.6 Å². The molecule has 0 heterocycles. The zero-order valence-electron chi connectivity index (χ0n) is 15.9. The van der Waals surface area contributed by atoms with Crippen LogP contribution in [0.15, 0.2) is 84.9 Å². The normalized spacial score (nSPS) is 12.8. The van der Waals surface area contributed by atoms with Gasteiger partial charge in [-0.2, -0.15) is 0 Å². The van der Waals surface area contributed by atoms with Gasteiger partial charge in [-0.3, -0.25) is 4.79 Å². The standard InChI is InChI=1S/C24H25NO3/c1-2-28-24(27)20(17-18-11-5-3-6-12-18)23(19-13-7-4-8-14-19)25-21-15-9-10-16-22(21)26/h3-16,20,23,25-26H,2,17H2,1H3/t20-,23+/m1/s1. The van der Waals surface area contributed by atoms with Crippen molar-refractivity contribution in [2.45, 2.75) is 19.4 Å². The number of benzene rings is 3. The average molecular weight is 375 g/mol. The van der Waals surface area contributed by atoms with Crippen molar-refractivity contribution in [3.05, 3.63) is 96.1 Å². The zero-order chi connectivity index (χ0) is 19.8. The lowest BCUT2D eigenvalue weighted by atomic mass is 9.87. The van der Waals surface area contributed by atoms with Crippen molar-refractivity contribution >= 4 is 11.7 Å². The van der Waals surface area contributed by atoms with E-state index < -0.39 is 5.92 Å². The van der Waals surface area contributed by atoms with Crippen LogP contribution in [0.4, 0.5) is 5.69 Å². The summed E-state index contributed by atoms with van der Waals surface area (Å²) in [6.45, 7) is 2.13. The molecule has 4 heteroatoms. The van der Waals surface area contributed by atoms with E-state index in [-0.39, 0.29) is 17.8 Å². The molecule has 0 aliphatic heterocycles. The maximum Gasteiger partial charge on any atom is 0.311 e. The number of para-hydroxylation sites is 2. The second kappa shape index (κ2) is 9.60. The average Bonchev–Trinajstić information content (AvgIpc) is 2.73. The van der Waals surface area contributed by atoms with Gasteiger partial charge in [0.15, 0.2) is 0 Å². The van der Waals surface area contributed by atoms with Crippen molar-refractivity contribution in [3.63, 3.8) is 0 Å². The monoisotopic (exact) mass is 375 g/mol. The minimum atomic E-state index is -0.454. The highest BCUT2D eigenvalue weighted by molar-refractivity contribution is 5.75. The summed E-state index contributed by atoms with van der Waals surface area (Å²) in [5.41, 5.74) is 2.60. The highest BCUT2D eigenvalue weighted by Gasteiger charge is 2.31. The molecule has 0 amide bonds. The van der Waals surface area contributed by atoms with Crippen LogP contribution in [0.25, 0.3) is 0 Å². The number of anilines is 1. The number of aromatic hydroxyl groups is 1. The maximum absolute atomic E-state index is 12.9. The minimum Gasteiger partial charge on any atom is -0.506 e. The van der Waals surface area contributed by atoms with Crippen molar-refractivity contribution in [2.75, 3.05) is 11.9 Å². The lowest BCUT2D eigenvalue weighted by Crippen LogP contribution is -2.31. The van der Waals surface area contributed by atoms with Crippen LogP contribution in [-0.2, 0) is 16.0 Å². The fraction of sp³-hybridized carbons (Fsp3) is 0.208. The summed E-state index contributed by atoms with van der Waals surface area (Å²) in [5, 5.41) is 13.6. The van der Waals surface area contributed by atoms with Gasteiger partial charge in [0.05, 0.1) is 24.3 Å². The van der Waals surface area contributed by atoms with E-state index in [0.29, 0.717) is 18.7 Å². The van der Waals surface area contributed by atoms with E-state index in [1.54, 1.807) is 18.2 Å². The molecule has 0 spiro atoms. The van der Waals surface area contributed by atoms with E-state index >= 15 is 0 Å². The second-order valence-electron chi connectivity index (χ2n) is 6.60. The zero-order valence-corrected chi connectivity index (χ0v) is 15.9. The van der Waals surface area contributed by atoms with E-state index in [9.17, 15) is 9.90 Å². The van der Waals surface area contributed by atoms with E-state index in [0.717, 1.165) is 11.1 Å². The van der Waals surface area contributed by atoms with E-state index in [1.165, 1.54) is 0 Å². The molecular weight excluding hydrogens is 350 g/mol. The first-order chi connectivity index (χ1) is 13.7. The number of carbonyl (C=O) groups excluding carboxylic acids is 1. The SMILES string of the molecule is CCOC(=O)[C@H](Cc1ccccc1)[C@@H](Nc1ccccc1O)c1ccccc1. The van der Waals surface area contributed by atoms with Crippen molar-refractivity contribution in [3.8, 4) is 5.75 Å². The van der Waals surface area contributed by atoms with E-state index in [1.807, 2.05) is 73.7 Å². The van der Waals surface area contributed by atoms with Crippen LogP contribution >= 0.6 is 0 Å². The van der Waals surface area contributed by atoms with Crippen molar-refractivity contribution < 1.29 is 14.6 Å². The van der Waals surface area contributed by atoms with Crippen LogP contribution in [0.3, 0.4) is 0 Å². The Morgan fingerprint density at radius 2 is 1.54 bits per heavy atom. The van der Waals surface area contributed by atoms with Gasteiger partial charge in [0.25, 0.3) is 0 Å². The Balaban J connectivity index is 2.00. The first-order valence-corrected chi connectivity index (χ1v) is 9.49. The molecule has 0 saturated carbocycles. The highest BCUT2D eigenvalue weighted by atomic mass is 16.5. The minimum absolute atomic E-state index is 0.144. The summed E-state index contributed by atoms with van der Waals surface area (Å²) < 4.78 is 5.41. The Labute approximate surface area is 165 Å². The summed E-state index contributed by atoms with van der Waals surface area (Å²) in [7, 11) is 0. The number of rotatable bonds is 8. The van der Waals surface area contributed by atoms with Crippen LogP contribution in [0.1, 0.15) is 24.1 Å². The smallest absolute Gasteiger partial charge is 0.311 e. The molecule has 0 bridgehead atoms. The van der Waals surface area contributed by atoms with Gasteiger partial charge in [0.2, 0.25) is 0 Å². The molecule has 28 heavy (non-hydrogen) atoms. The summed E-state index contributed by atoms with van der Waals surface area (Å²) in [6.07, 6.45) is 0.528. The Morgan fingerprint density at radius 1 is 0.929 bits per heavy atom. The number of hydrogen-bond acceptors (Lipinski definition) is 4. The Kier molecular flexibility index (Phi) is 6.68. The molecule has 0 fully saturated rings. The van der Waals surface area contributed by atoms with Crippen LogP contribution in [0.5, 0.6) is 5.75 Å². The largest absolute Gasteiger partial charge is 0.506 e. The third-order valence-electron chi connectivity index (χ3n) is 4.66. The van der Waals surface area contributed by atoms with Gasteiger partial charge in [-0.25, -0.2) is 0 Å². The van der Waals surface area contributed by atoms with Gasteiger partial charge in [-0.05, 0) is 36.6 Å². The van der Waals surface area contributed by atoms with Crippen LogP contribution in [0, 0.1) is 5.92 Å². The molecule has 0 aliphatic carbocycles. The van der Waals surface area contributed by atoms with Gasteiger partial charge >= 0.3 is 5.97 Å². The first kappa shape index (κ1) is 19.5. The van der Waals surface area contributed by atoms with Crippen LogP contribution in [0.2, 0.25) is 0 Å². The molecule has 3 aromatic rings. The Bertz CT molecular complexity index is 881. The Hall–Kier alpha value is -3.27. The quantitative estimate of drug-likeness (QED) is 0.431. The van der Waals surface area contributed by atoms with E-state index in [2.05, 4.69) is 5.32 Å². The summed E-state index contributed by atoms with van der Waals surface area (Å²) >= 11 is 0. The Morgan fingerprint density at radius 3 is 2.18 bits per heavy atom. The lowest BCUT2D eigenvalue weighted by Gasteiger charge is -2.28. The molecule has 0 aliphatic rings. The van der Waals surface area contributed by atoms with Gasteiger partial charge in [0.1, 0.15) is 5.75 Å². The summed E-state index contributed by atoms with van der Waals surface area (Å²) in [4.78, 5) is 12.9. The van der Waals surface area contributed by atoms with Crippen LogP contribution < -0.4 is 5.32 Å². The maximum atomic E-state index is 12.9. The second-order valence-corrected chi connectivity index (χ2v) is 6.60. The fourth-order valence-electron chi connectivity index (χ4n) is 3.29. The van der Waals surface area contributed by atoms with Crippen molar-refractivity contribution in [1.29, 1.82) is 0 Å². The van der Waals surface area contributed by atoms with Crippen molar-refractivity contribution in [2.24, 2.45) is 5.92 Å². The number of phenolic OH excluding ortho intramolecular Hbond substituents is 1. The predicted octanol–water partition coefficient (Wildman–Crippen LogP) is 4.97. The number of phenols is 1. The highest BCUT2D eigenvalue weighted by Crippen LogP contribution is 2.33. The number of nitrogens with one attached hydrogen (secondary N) is 1. The third-order valence-corrected chi connectivity index (χ3v) is 4.66. The lowest BCUT2D eigenvalue weighted by molar-refractivity contribution is -0.148. The van der Waals surface area contributed by atoms with E-state index in [4.69, 9.17) is 4.74 Å². The third kappa shape index (κ3) is 4.92. The number of esters is 1. The fourth-order valence-corrected chi connectivity index (χ4v) is 3.29.